The first kappa shape index (κ1) is 14.7. The van der Waals surface area contributed by atoms with E-state index in [0.717, 1.165) is 31.4 Å². The van der Waals surface area contributed by atoms with E-state index >= 15 is 0 Å². The molecule has 3 nitrogen and oxygen atoms in total. The molecule has 2 N–H and O–H groups in total. The van der Waals surface area contributed by atoms with E-state index in [0.29, 0.717) is 6.54 Å². The molecule has 0 aliphatic heterocycles. The molecule has 18 heavy (non-hydrogen) atoms. The summed E-state index contributed by atoms with van der Waals surface area (Å²) in [7, 11) is 0. The molecule has 1 atom stereocenters. The van der Waals surface area contributed by atoms with E-state index in [1.807, 2.05) is 35.2 Å². The molecule has 0 unspecified atom stereocenters. The van der Waals surface area contributed by atoms with Gasteiger partial charge < -0.3 is 10.6 Å². The van der Waals surface area contributed by atoms with Crippen LogP contribution in [0.4, 0.5) is 0 Å². The lowest BCUT2D eigenvalue weighted by molar-refractivity contribution is -0.133. The summed E-state index contributed by atoms with van der Waals surface area (Å²) < 4.78 is 0. The zero-order valence-corrected chi connectivity index (χ0v) is 11.4. The van der Waals surface area contributed by atoms with E-state index < -0.39 is 0 Å². The van der Waals surface area contributed by atoms with Crippen molar-refractivity contribution in [2.24, 2.45) is 5.73 Å². The van der Waals surface area contributed by atoms with E-state index in [2.05, 4.69) is 13.8 Å². The summed E-state index contributed by atoms with van der Waals surface area (Å²) in [6, 6.07) is 9.71. The molecule has 1 aromatic carbocycles. The number of carbonyl (C=O) groups excluding carboxylic acids is 1. The number of benzene rings is 1. The van der Waals surface area contributed by atoms with Crippen molar-refractivity contribution in [3.8, 4) is 0 Å². The molecule has 0 spiro atoms. The van der Waals surface area contributed by atoms with Gasteiger partial charge in [-0.3, -0.25) is 4.79 Å². The lowest BCUT2D eigenvalue weighted by Gasteiger charge is -2.25. The van der Waals surface area contributed by atoms with Crippen LogP contribution in [0.25, 0.3) is 0 Å². The first-order valence-electron chi connectivity index (χ1n) is 6.77. The van der Waals surface area contributed by atoms with Crippen molar-refractivity contribution >= 4 is 5.91 Å². The summed E-state index contributed by atoms with van der Waals surface area (Å²) in [4.78, 5) is 14.1. The lowest BCUT2D eigenvalue weighted by Crippen LogP contribution is -2.43. The quantitative estimate of drug-likeness (QED) is 0.806. The number of nitrogens with two attached hydrogens (primary N) is 1. The van der Waals surface area contributed by atoms with Gasteiger partial charge in [0.05, 0.1) is 6.04 Å². The summed E-state index contributed by atoms with van der Waals surface area (Å²) in [6.07, 6.45) is 2.66. The summed E-state index contributed by atoms with van der Waals surface area (Å²) in [5.41, 5.74) is 7.08. The Balaban J connectivity index is 2.67. The smallest absolute Gasteiger partial charge is 0.239 e. The predicted molar refractivity (Wildman–Crippen MR) is 75.0 cm³/mol. The van der Waals surface area contributed by atoms with Crippen LogP contribution in [0.5, 0.6) is 0 Å². The van der Waals surface area contributed by atoms with Crippen LogP contribution in [0, 0.1) is 0 Å². The van der Waals surface area contributed by atoms with E-state index in [-0.39, 0.29) is 11.9 Å². The van der Waals surface area contributed by atoms with E-state index in [9.17, 15) is 4.79 Å². The number of hydrogen-bond acceptors (Lipinski definition) is 2. The highest BCUT2D eigenvalue weighted by atomic mass is 16.2. The van der Waals surface area contributed by atoms with Gasteiger partial charge in [-0.25, -0.2) is 0 Å². The second kappa shape index (κ2) is 7.88. The normalized spacial score (nSPS) is 12.2. The molecule has 0 heterocycles. The summed E-state index contributed by atoms with van der Waals surface area (Å²) in [6.45, 7) is 5.56. The highest BCUT2D eigenvalue weighted by Gasteiger charge is 2.19. The highest BCUT2D eigenvalue weighted by Crippen LogP contribution is 2.08. The number of carbonyl (C=O) groups is 1. The summed E-state index contributed by atoms with van der Waals surface area (Å²) in [5.74, 6) is 0.0718. The minimum absolute atomic E-state index is 0.0718. The van der Waals surface area contributed by atoms with Gasteiger partial charge in [-0.2, -0.15) is 0 Å². The lowest BCUT2D eigenvalue weighted by atomic mass is 10.1. The van der Waals surface area contributed by atoms with Gasteiger partial charge in [0.2, 0.25) is 5.91 Å². The maximum absolute atomic E-state index is 12.2. The monoisotopic (exact) mass is 248 g/mol. The van der Waals surface area contributed by atoms with Gasteiger partial charge >= 0.3 is 0 Å². The molecular formula is C15H24N2O. The Bertz CT molecular complexity index is 351. The Hall–Kier alpha value is -1.35. The van der Waals surface area contributed by atoms with Crippen LogP contribution in [0.1, 0.15) is 38.7 Å². The van der Waals surface area contributed by atoms with Crippen molar-refractivity contribution in [3.05, 3.63) is 35.9 Å². The second-order valence-electron chi connectivity index (χ2n) is 4.64. The van der Waals surface area contributed by atoms with Gasteiger partial charge in [-0.1, -0.05) is 50.6 Å². The molecule has 1 amide bonds. The molecule has 0 saturated heterocycles. The second-order valence-corrected chi connectivity index (χ2v) is 4.64. The number of rotatable bonds is 7. The highest BCUT2D eigenvalue weighted by molar-refractivity contribution is 5.81. The molecule has 0 aliphatic carbocycles. The summed E-state index contributed by atoms with van der Waals surface area (Å²) >= 11 is 0. The molecule has 100 valence electrons. The zero-order valence-electron chi connectivity index (χ0n) is 11.4. The van der Waals surface area contributed by atoms with E-state index in [1.165, 1.54) is 0 Å². The van der Waals surface area contributed by atoms with Crippen LogP contribution in [0.3, 0.4) is 0 Å². The van der Waals surface area contributed by atoms with Crippen molar-refractivity contribution in [1.82, 2.24) is 4.90 Å². The van der Waals surface area contributed by atoms with Crippen LogP contribution in [0.15, 0.2) is 30.3 Å². The fourth-order valence-electron chi connectivity index (χ4n) is 2.01. The van der Waals surface area contributed by atoms with Crippen LogP contribution in [-0.2, 0) is 11.3 Å². The van der Waals surface area contributed by atoms with Crippen molar-refractivity contribution in [1.29, 1.82) is 0 Å². The Kier molecular flexibility index (Phi) is 6.44. The third kappa shape index (κ3) is 4.49. The van der Waals surface area contributed by atoms with Crippen LogP contribution in [0.2, 0.25) is 0 Å². The Labute approximate surface area is 110 Å². The molecule has 0 radical (unpaired) electrons. The Morgan fingerprint density at radius 3 is 2.44 bits per heavy atom. The predicted octanol–water partition coefficient (Wildman–Crippen LogP) is 2.55. The fraction of sp³-hybridized carbons (Fsp3) is 0.533. The van der Waals surface area contributed by atoms with Crippen LogP contribution < -0.4 is 5.73 Å². The molecule has 0 saturated carbocycles. The third-order valence-corrected chi connectivity index (χ3v) is 2.94. The largest absolute Gasteiger partial charge is 0.337 e. The Morgan fingerprint density at radius 2 is 1.89 bits per heavy atom. The summed E-state index contributed by atoms with van der Waals surface area (Å²) in [5, 5.41) is 0. The number of nitrogens with zero attached hydrogens (tertiary/aromatic N) is 1. The Morgan fingerprint density at radius 1 is 1.22 bits per heavy atom. The van der Waals surface area contributed by atoms with Crippen molar-refractivity contribution in [2.45, 2.75) is 45.7 Å². The van der Waals surface area contributed by atoms with Gasteiger partial charge in [0, 0.05) is 13.1 Å². The molecule has 1 aromatic rings. The van der Waals surface area contributed by atoms with Crippen molar-refractivity contribution in [3.63, 3.8) is 0 Å². The molecule has 1 rings (SSSR count). The fourth-order valence-corrected chi connectivity index (χ4v) is 2.01. The molecule has 3 heteroatoms. The molecular weight excluding hydrogens is 224 g/mol. The maximum Gasteiger partial charge on any atom is 0.239 e. The topological polar surface area (TPSA) is 46.3 Å². The maximum atomic E-state index is 12.2. The van der Waals surface area contributed by atoms with Gasteiger partial charge in [0.15, 0.2) is 0 Å². The van der Waals surface area contributed by atoms with Crippen LogP contribution >= 0.6 is 0 Å². The third-order valence-electron chi connectivity index (χ3n) is 2.94. The van der Waals surface area contributed by atoms with Gasteiger partial charge in [0.25, 0.3) is 0 Å². The van der Waals surface area contributed by atoms with Gasteiger partial charge in [-0.05, 0) is 18.4 Å². The molecule has 0 fully saturated rings. The van der Waals surface area contributed by atoms with Crippen LogP contribution in [-0.4, -0.2) is 23.4 Å². The molecule has 0 aliphatic rings. The van der Waals surface area contributed by atoms with Gasteiger partial charge in [0.1, 0.15) is 0 Å². The van der Waals surface area contributed by atoms with Crippen molar-refractivity contribution < 1.29 is 4.79 Å². The number of hydrogen-bond donors (Lipinski definition) is 1. The zero-order chi connectivity index (χ0) is 13.4. The first-order valence-corrected chi connectivity index (χ1v) is 6.77. The van der Waals surface area contributed by atoms with Gasteiger partial charge in [-0.15, -0.1) is 0 Å². The minimum Gasteiger partial charge on any atom is -0.337 e. The van der Waals surface area contributed by atoms with Crippen molar-refractivity contribution in [2.75, 3.05) is 6.54 Å². The molecule has 0 aromatic heterocycles. The first-order chi connectivity index (χ1) is 8.69. The average Bonchev–Trinajstić information content (AvgIpc) is 2.39. The van der Waals surface area contributed by atoms with E-state index in [4.69, 9.17) is 5.73 Å². The number of amides is 1. The van der Waals surface area contributed by atoms with E-state index in [1.54, 1.807) is 0 Å². The average molecular weight is 248 g/mol. The SMILES string of the molecule is CCC[C@H](N)C(=O)N(CCC)Cc1ccccc1. The molecule has 0 bridgehead atoms. The minimum atomic E-state index is -0.356. The standard InChI is InChI=1S/C15H24N2O/c1-3-8-14(16)15(18)17(11-4-2)12-13-9-6-5-7-10-13/h5-7,9-10,14H,3-4,8,11-12,16H2,1-2H3/t14-/m0/s1.